The van der Waals surface area contributed by atoms with E-state index < -0.39 is 0 Å². The zero-order valence-electron chi connectivity index (χ0n) is 11.9. The molecule has 0 bridgehead atoms. The van der Waals surface area contributed by atoms with Crippen molar-refractivity contribution in [3.05, 3.63) is 33.8 Å². The maximum atomic E-state index is 12.1. The summed E-state index contributed by atoms with van der Waals surface area (Å²) in [6.45, 7) is 4.62. The van der Waals surface area contributed by atoms with Crippen LogP contribution in [0.3, 0.4) is 0 Å². The molecule has 0 N–H and O–H groups in total. The van der Waals surface area contributed by atoms with E-state index in [4.69, 9.17) is 27.9 Å². The quantitative estimate of drug-likeness (QED) is 0.729. The highest BCUT2D eigenvalue weighted by molar-refractivity contribution is 6.36. The lowest BCUT2D eigenvalue weighted by molar-refractivity contribution is 0.00708. The van der Waals surface area contributed by atoms with Gasteiger partial charge in [0, 0.05) is 10.6 Å². The van der Waals surface area contributed by atoms with E-state index in [1.54, 1.807) is 18.2 Å². The highest BCUT2D eigenvalue weighted by atomic mass is 35.5. The van der Waals surface area contributed by atoms with E-state index in [-0.39, 0.29) is 18.5 Å². The Labute approximate surface area is 130 Å². The van der Waals surface area contributed by atoms with E-state index in [1.165, 1.54) is 6.42 Å². The normalized spacial score (nSPS) is 26.5. The molecule has 3 unspecified atom stereocenters. The van der Waals surface area contributed by atoms with E-state index in [9.17, 15) is 4.79 Å². The highest BCUT2D eigenvalue weighted by Gasteiger charge is 2.25. The van der Waals surface area contributed by atoms with Crippen molar-refractivity contribution in [2.75, 3.05) is 6.61 Å². The van der Waals surface area contributed by atoms with Gasteiger partial charge in [-0.1, -0.05) is 37.0 Å². The van der Waals surface area contributed by atoms with Crippen LogP contribution >= 0.6 is 23.2 Å². The maximum absolute atomic E-state index is 12.1. The van der Waals surface area contributed by atoms with Gasteiger partial charge in [-0.2, -0.15) is 0 Å². The molecule has 2 nitrogen and oxygen atoms in total. The Hall–Kier alpha value is -0.570. The van der Waals surface area contributed by atoms with E-state index in [2.05, 4.69) is 13.8 Å². The van der Waals surface area contributed by atoms with Crippen LogP contribution in [0.2, 0.25) is 10.0 Å². The number of halogens is 2. The zero-order valence-corrected chi connectivity index (χ0v) is 13.4. The summed E-state index contributed by atoms with van der Waals surface area (Å²) < 4.78 is 5.76. The number of carbonyl (C=O) groups is 1. The lowest BCUT2D eigenvalue weighted by Crippen LogP contribution is -2.28. The van der Waals surface area contributed by atoms with Crippen LogP contribution < -0.4 is 0 Å². The Kier molecular flexibility index (Phi) is 5.48. The fourth-order valence-corrected chi connectivity index (χ4v) is 3.15. The van der Waals surface area contributed by atoms with Crippen molar-refractivity contribution in [1.82, 2.24) is 0 Å². The molecule has 0 amide bonds. The Bertz CT molecular complexity index is 487. The third-order valence-corrected chi connectivity index (χ3v) is 4.78. The molecule has 0 spiro atoms. The van der Waals surface area contributed by atoms with Gasteiger partial charge in [0.05, 0.1) is 11.1 Å². The average Bonchev–Trinajstić information content (AvgIpc) is 2.40. The molecule has 1 aliphatic rings. The van der Waals surface area contributed by atoms with E-state index in [0.717, 1.165) is 18.8 Å². The van der Waals surface area contributed by atoms with Gasteiger partial charge in [0.15, 0.2) is 5.78 Å². The number of ether oxygens (including phenoxy) is 1. The standard InChI is InChI=1S/C16H20Cl2O2/c1-10-3-5-13(7-11(10)2)20-9-16(19)14-6-4-12(17)8-15(14)18/h4,6,8,10-11,13H,3,5,7,9H2,1-2H3. The second-order valence-corrected chi connectivity index (χ2v) is 6.59. The summed E-state index contributed by atoms with van der Waals surface area (Å²) in [7, 11) is 0. The van der Waals surface area contributed by atoms with Crippen LogP contribution in [-0.2, 0) is 4.74 Å². The van der Waals surface area contributed by atoms with Crippen LogP contribution in [0.25, 0.3) is 0 Å². The number of ketones is 1. The lowest BCUT2D eigenvalue weighted by atomic mass is 9.80. The van der Waals surface area contributed by atoms with Crippen molar-refractivity contribution < 1.29 is 9.53 Å². The van der Waals surface area contributed by atoms with Gasteiger partial charge in [0.2, 0.25) is 0 Å². The third-order valence-electron chi connectivity index (χ3n) is 4.23. The van der Waals surface area contributed by atoms with Crippen molar-refractivity contribution in [3.63, 3.8) is 0 Å². The van der Waals surface area contributed by atoms with Crippen molar-refractivity contribution in [2.24, 2.45) is 11.8 Å². The Morgan fingerprint density at radius 1 is 1.25 bits per heavy atom. The molecule has 1 aliphatic carbocycles. The van der Waals surface area contributed by atoms with Crippen LogP contribution in [0.4, 0.5) is 0 Å². The Morgan fingerprint density at radius 2 is 2.00 bits per heavy atom. The molecular formula is C16H20Cl2O2. The first-order valence-electron chi connectivity index (χ1n) is 7.07. The molecule has 20 heavy (non-hydrogen) atoms. The minimum absolute atomic E-state index is 0.0852. The number of rotatable bonds is 4. The number of benzene rings is 1. The average molecular weight is 315 g/mol. The second kappa shape index (κ2) is 6.93. The van der Waals surface area contributed by atoms with Crippen molar-refractivity contribution >= 4 is 29.0 Å². The molecule has 0 aliphatic heterocycles. The van der Waals surface area contributed by atoms with Crippen molar-refractivity contribution in [3.8, 4) is 0 Å². The predicted octanol–water partition coefficient (Wildman–Crippen LogP) is 5.02. The van der Waals surface area contributed by atoms with Crippen LogP contribution in [-0.4, -0.2) is 18.5 Å². The number of hydrogen-bond donors (Lipinski definition) is 0. The molecule has 4 heteroatoms. The first kappa shape index (κ1) is 15.8. The van der Waals surface area contributed by atoms with E-state index >= 15 is 0 Å². The van der Waals surface area contributed by atoms with Crippen LogP contribution in [0.1, 0.15) is 43.5 Å². The summed E-state index contributed by atoms with van der Waals surface area (Å²) >= 11 is 11.9. The SMILES string of the molecule is CC1CCC(OCC(=O)c2ccc(Cl)cc2Cl)CC1C. The van der Waals surface area contributed by atoms with Crippen molar-refractivity contribution in [2.45, 2.75) is 39.2 Å². The van der Waals surface area contributed by atoms with Gasteiger partial charge in [-0.3, -0.25) is 4.79 Å². The first-order valence-corrected chi connectivity index (χ1v) is 7.83. The van der Waals surface area contributed by atoms with Gasteiger partial charge in [-0.05, 0) is 49.3 Å². The maximum Gasteiger partial charge on any atom is 0.189 e. The smallest absolute Gasteiger partial charge is 0.189 e. The molecule has 0 saturated heterocycles. The summed E-state index contributed by atoms with van der Waals surface area (Å²) in [6.07, 6.45) is 3.42. The molecular weight excluding hydrogens is 295 g/mol. The summed E-state index contributed by atoms with van der Waals surface area (Å²) in [5, 5.41) is 0.916. The van der Waals surface area contributed by atoms with Gasteiger partial charge < -0.3 is 4.74 Å². The molecule has 1 aromatic rings. The molecule has 1 aromatic carbocycles. The molecule has 1 fully saturated rings. The minimum Gasteiger partial charge on any atom is -0.370 e. The van der Waals surface area contributed by atoms with Crippen LogP contribution in [0, 0.1) is 11.8 Å². The summed E-state index contributed by atoms with van der Waals surface area (Å²) in [6, 6.07) is 4.91. The predicted molar refractivity (Wildman–Crippen MR) is 82.7 cm³/mol. The van der Waals surface area contributed by atoms with Gasteiger partial charge in [0.25, 0.3) is 0 Å². The molecule has 2 rings (SSSR count). The Balaban J connectivity index is 1.89. The molecule has 3 atom stereocenters. The molecule has 0 aromatic heterocycles. The van der Waals surface area contributed by atoms with Gasteiger partial charge >= 0.3 is 0 Å². The number of hydrogen-bond acceptors (Lipinski definition) is 2. The molecule has 0 radical (unpaired) electrons. The van der Waals surface area contributed by atoms with Gasteiger partial charge in [-0.15, -0.1) is 0 Å². The summed E-state index contributed by atoms with van der Waals surface area (Å²) in [4.78, 5) is 12.1. The second-order valence-electron chi connectivity index (χ2n) is 5.75. The van der Waals surface area contributed by atoms with Crippen LogP contribution in [0.15, 0.2) is 18.2 Å². The van der Waals surface area contributed by atoms with Gasteiger partial charge in [-0.25, -0.2) is 0 Å². The molecule has 110 valence electrons. The zero-order chi connectivity index (χ0) is 14.7. The van der Waals surface area contributed by atoms with Crippen LogP contribution in [0.5, 0.6) is 0 Å². The first-order chi connectivity index (χ1) is 9.47. The fraction of sp³-hybridized carbons (Fsp3) is 0.562. The highest BCUT2D eigenvalue weighted by Crippen LogP contribution is 2.31. The molecule has 0 heterocycles. The number of carbonyl (C=O) groups excluding carboxylic acids is 1. The Morgan fingerprint density at radius 3 is 2.65 bits per heavy atom. The topological polar surface area (TPSA) is 26.3 Å². The van der Waals surface area contributed by atoms with Crippen molar-refractivity contribution in [1.29, 1.82) is 0 Å². The van der Waals surface area contributed by atoms with E-state index in [1.807, 2.05) is 0 Å². The van der Waals surface area contributed by atoms with Gasteiger partial charge in [0.1, 0.15) is 6.61 Å². The largest absolute Gasteiger partial charge is 0.370 e. The minimum atomic E-state index is -0.0852. The third kappa shape index (κ3) is 3.97. The summed E-state index contributed by atoms with van der Waals surface area (Å²) in [5.74, 6) is 1.32. The monoisotopic (exact) mass is 314 g/mol. The van der Waals surface area contributed by atoms with E-state index in [0.29, 0.717) is 21.5 Å². The fourth-order valence-electron chi connectivity index (χ4n) is 2.64. The molecule has 1 saturated carbocycles. The summed E-state index contributed by atoms with van der Waals surface area (Å²) in [5.41, 5.74) is 0.480. The number of Topliss-reactive ketones (excluding diaryl/α,β-unsaturated/α-hetero) is 1. The lowest BCUT2D eigenvalue weighted by Gasteiger charge is -2.31.